The van der Waals surface area contributed by atoms with Gasteiger partial charge in [-0.15, -0.1) is 0 Å². The van der Waals surface area contributed by atoms with Crippen LogP contribution in [0.25, 0.3) is 0 Å². The van der Waals surface area contributed by atoms with Gasteiger partial charge in [-0.2, -0.15) is 0 Å². The molecule has 1 aliphatic heterocycles. The molecule has 0 aromatic rings. The van der Waals surface area contributed by atoms with Gasteiger partial charge in [-0.25, -0.2) is 0 Å². The van der Waals surface area contributed by atoms with E-state index in [-0.39, 0.29) is 0 Å². The Morgan fingerprint density at radius 1 is 1.67 bits per heavy atom. The summed E-state index contributed by atoms with van der Waals surface area (Å²) in [6, 6.07) is 0.554. The van der Waals surface area contributed by atoms with Crippen LogP contribution in [0.3, 0.4) is 0 Å². The van der Waals surface area contributed by atoms with E-state index in [0.717, 1.165) is 6.73 Å². The minimum absolute atomic E-state index is 0.554. The number of nitrogens with one attached hydrogen (secondary N) is 1. The fourth-order valence-electron chi connectivity index (χ4n) is 1.44. The summed E-state index contributed by atoms with van der Waals surface area (Å²) in [5.41, 5.74) is 0. The number of fused-ring (bicyclic) bond motifs is 1. The standard InChI is InChI=1S/C7H11NO/c1-2-4-7-6(3-1)8-5-9-7/h4,6,8H,1-3,5H2. The van der Waals surface area contributed by atoms with E-state index >= 15 is 0 Å². The Hall–Kier alpha value is -0.500. The quantitative estimate of drug-likeness (QED) is 0.521. The largest absolute Gasteiger partial charge is 0.481 e. The summed E-state index contributed by atoms with van der Waals surface area (Å²) in [6.07, 6.45) is 5.97. The number of hydrogen-bond donors (Lipinski definition) is 1. The van der Waals surface area contributed by atoms with Crippen LogP contribution in [0.1, 0.15) is 19.3 Å². The summed E-state index contributed by atoms with van der Waals surface area (Å²) in [5, 5.41) is 3.27. The van der Waals surface area contributed by atoms with Gasteiger partial charge in [0.1, 0.15) is 12.5 Å². The van der Waals surface area contributed by atoms with Gasteiger partial charge >= 0.3 is 0 Å². The predicted octanol–water partition coefficient (Wildman–Crippen LogP) is 1.00. The molecule has 1 aliphatic carbocycles. The van der Waals surface area contributed by atoms with E-state index in [1.807, 2.05) is 0 Å². The Kier molecular flexibility index (Phi) is 1.19. The molecule has 1 heterocycles. The molecule has 0 aromatic carbocycles. The van der Waals surface area contributed by atoms with Crippen LogP contribution in [-0.4, -0.2) is 12.8 Å². The minimum Gasteiger partial charge on any atom is -0.481 e. The Bertz CT molecular complexity index is 142. The van der Waals surface area contributed by atoms with E-state index in [4.69, 9.17) is 4.74 Å². The Balaban J connectivity index is 2.16. The van der Waals surface area contributed by atoms with Crippen molar-refractivity contribution < 1.29 is 4.74 Å². The average molecular weight is 125 g/mol. The smallest absolute Gasteiger partial charge is 0.139 e. The van der Waals surface area contributed by atoms with Crippen LogP contribution in [0, 0.1) is 0 Å². The summed E-state index contributed by atoms with van der Waals surface area (Å²) in [5.74, 6) is 1.18. The second-order valence-electron chi connectivity index (χ2n) is 2.58. The lowest BCUT2D eigenvalue weighted by Gasteiger charge is -2.13. The van der Waals surface area contributed by atoms with E-state index < -0.39 is 0 Å². The molecule has 9 heavy (non-hydrogen) atoms. The monoisotopic (exact) mass is 125 g/mol. The van der Waals surface area contributed by atoms with Crippen LogP contribution in [0.2, 0.25) is 0 Å². The summed E-state index contributed by atoms with van der Waals surface area (Å²) in [7, 11) is 0. The Labute approximate surface area is 54.9 Å². The minimum atomic E-state index is 0.554. The van der Waals surface area contributed by atoms with Crippen molar-refractivity contribution in [1.29, 1.82) is 0 Å². The van der Waals surface area contributed by atoms with Crippen molar-refractivity contribution in [1.82, 2.24) is 5.32 Å². The first kappa shape index (κ1) is 5.30. The number of hydrogen-bond acceptors (Lipinski definition) is 2. The molecule has 0 bridgehead atoms. The molecule has 1 saturated heterocycles. The van der Waals surface area contributed by atoms with Crippen molar-refractivity contribution in [2.75, 3.05) is 6.73 Å². The molecule has 2 rings (SSSR count). The number of allylic oxidation sites excluding steroid dienone is 1. The molecule has 0 amide bonds. The van der Waals surface area contributed by atoms with E-state index in [9.17, 15) is 0 Å². The molecule has 0 radical (unpaired) electrons. The molecule has 2 nitrogen and oxygen atoms in total. The normalized spacial score (nSPS) is 32.9. The van der Waals surface area contributed by atoms with Crippen molar-refractivity contribution in [3.63, 3.8) is 0 Å². The summed E-state index contributed by atoms with van der Waals surface area (Å²) in [4.78, 5) is 0. The van der Waals surface area contributed by atoms with E-state index in [2.05, 4.69) is 11.4 Å². The molecule has 0 aromatic heterocycles. The van der Waals surface area contributed by atoms with Crippen molar-refractivity contribution in [3.8, 4) is 0 Å². The average Bonchev–Trinajstić information content (AvgIpc) is 2.33. The maximum atomic E-state index is 5.31. The number of ether oxygens (including phenoxy) is 1. The molecule has 1 atom stereocenters. The van der Waals surface area contributed by atoms with Crippen molar-refractivity contribution in [3.05, 3.63) is 11.8 Å². The maximum absolute atomic E-state index is 5.31. The SMILES string of the molecule is C1=C2OCNC2CCC1. The van der Waals surface area contributed by atoms with E-state index in [0.29, 0.717) is 6.04 Å². The second-order valence-corrected chi connectivity index (χ2v) is 2.58. The molecule has 1 fully saturated rings. The third kappa shape index (κ3) is 0.833. The molecule has 50 valence electrons. The van der Waals surface area contributed by atoms with Gasteiger partial charge in [-0.05, 0) is 25.3 Å². The first-order chi connectivity index (χ1) is 4.47. The van der Waals surface area contributed by atoms with Gasteiger partial charge in [-0.1, -0.05) is 0 Å². The number of rotatable bonds is 0. The predicted molar refractivity (Wildman–Crippen MR) is 34.8 cm³/mol. The van der Waals surface area contributed by atoms with Crippen molar-refractivity contribution in [2.24, 2.45) is 0 Å². The van der Waals surface area contributed by atoms with Gasteiger partial charge < -0.3 is 4.74 Å². The van der Waals surface area contributed by atoms with Crippen LogP contribution in [0.5, 0.6) is 0 Å². The Morgan fingerprint density at radius 2 is 2.67 bits per heavy atom. The zero-order chi connectivity index (χ0) is 6.10. The second kappa shape index (κ2) is 2.03. The molecule has 1 unspecified atom stereocenters. The fourth-order valence-corrected chi connectivity index (χ4v) is 1.44. The van der Waals surface area contributed by atoms with Crippen LogP contribution in [0.15, 0.2) is 11.8 Å². The molecular formula is C7H11NO. The summed E-state index contributed by atoms with van der Waals surface area (Å²) >= 11 is 0. The topological polar surface area (TPSA) is 21.3 Å². The summed E-state index contributed by atoms with van der Waals surface area (Å²) < 4.78 is 5.31. The lowest BCUT2D eigenvalue weighted by Crippen LogP contribution is -2.23. The third-order valence-electron chi connectivity index (χ3n) is 1.95. The van der Waals surface area contributed by atoms with E-state index in [1.165, 1.54) is 25.0 Å². The van der Waals surface area contributed by atoms with E-state index in [1.54, 1.807) is 0 Å². The van der Waals surface area contributed by atoms with Crippen molar-refractivity contribution >= 4 is 0 Å². The van der Waals surface area contributed by atoms with Gasteiger partial charge in [0.2, 0.25) is 0 Å². The fraction of sp³-hybridized carbons (Fsp3) is 0.714. The summed E-state index contributed by atoms with van der Waals surface area (Å²) in [6.45, 7) is 0.719. The zero-order valence-corrected chi connectivity index (χ0v) is 5.39. The first-order valence-electron chi connectivity index (χ1n) is 3.53. The van der Waals surface area contributed by atoms with Crippen LogP contribution in [-0.2, 0) is 4.74 Å². The zero-order valence-electron chi connectivity index (χ0n) is 5.39. The van der Waals surface area contributed by atoms with Crippen LogP contribution in [0.4, 0.5) is 0 Å². The lowest BCUT2D eigenvalue weighted by molar-refractivity contribution is 0.250. The van der Waals surface area contributed by atoms with Crippen LogP contribution >= 0.6 is 0 Å². The molecule has 0 saturated carbocycles. The molecule has 2 aliphatic rings. The van der Waals surface area contributed by atoms with Gasteiger partial charge in [0.15, 0.2) is 0 Å². The lowest BCUT2D eigenvalue weighted by atomic mass is 10.0. The first-order valence-corrected chi connectivity index (χ1v) is 3.53. The van der Waals surface area contributed by atoms with Gasteiger partial charge in [-0.3, -0.25) is 5.32 Å². The Morgan fingerprint density at radius 3 is 3.56 bits per heavy atom. The highest BCUT2D eigenvalue weighted by Crippen LogP contribution is 2.22. The van der Waals surface area contributed by atoms with Gasteiger partial charge in [0.05, 0.1) is 6.04 Å². The van der Waals surface area contributed by atoms with Crippen molar-refractivity contribution in [2.45, 2.75) is 25.3 Å². The molecule has 2 heteroatoms. The molecule has 0 spiro atoms. The van der Waals surface area contributed by atoms with Gasteiger partial charge in [0.25, 0.3) is 0 Å². The van der Waals surface area contributed by atoms with Crippen LogP contribution < -0.4 is 5.32 Å². The maximum Gasteiger partial charge on any atom is 0.139 e. The molecule has 1 N–H and O–H groups in total. The highest BCUT2D eigenvalue weighted by Gasteiger charge is 2.23. The third-order valence-corrected chi connectivity index (χ3v) is 1.95. The highest BCUT2D eigenvalue weighted by molar-refractivity contribution is 5.09. The van der Waals surface area contributed by atoms with Gasteiger partial charge in [0, 0.05) is 0 Å². The molecular weight excluding hydrogens is 114 g/mol. The highest BCUT2D eigenvalue weighted by atomic mass is 16.5.